The average Bonchev–Trinajstić information content (AvgIpc) is 2.72. The first-order valence-electron chi connectivity index (χ1n) is 6.23. The Bertz CT molecular complexity index is 400. The predicted octanol–water partition coefficient (Wildman–Crippen LogP) is -0.0683. The lowest BCUT2D eigenvalue weighted by atomic mass is 10.0. The molecule has 1 rings (SSSR count). The lowest BCUT2D eigenvalue weighted by Crippen LogP contribution is -2.48. The van der Waals surface area contributed by atoms with Crippen LogP contribution in [0.4, 0.5) is 0 Å². The van der Waals surface area contributed by atoms with Crippen LogP contribution in [-0.2, 0) is 14.8 Å². The fourth-order valence-corrected chi connectivity index (χ4v) is 3.27. The Balaban J connectivity index is 0.00000324. The Morgan fingerprint density at radius 3 is 2.53 bits per heavy atom. The van der Waals surface area contributed by atoms with Crippen LogP contribution < -0.4 is 11.1 Å². The number of nitrogens with two attached hydrogens (primary N) is 1. The lowest BCUT2D eigenvalue weighted by molar-refractivity contribution is -0.123. The third-order valence-electron chi connectivity index (χ3n) is 3.28. The Morgan fingerprint density at radius 1 is 1.47 bits per heavy atom. The number of halogens is 1. The van der Waals surface area contributed by atoms with Gasteiger partial charge in [-0.25, -0.2) is 8.42 Å². The van der Waals surface area contributed by atoms with Gasteiger partial charge in [-0.05, 0) is 18.8 Å². The second-order valence-corrected chi connectivity index (χ2v) is 7.12. The Kier molecular flexibility index (Phi) is 7.28. The van der Waals surface area contributed by atoms with E-state index in [1.165, 1.54) is 10.6 Å². The molecule has 1 aliphatic heterocycles. The molecule has 0 aromatic carbocycles. The van der Waals surface area contributed by atoms with Gasteiger partial charge in [0, 0.05) is 19.1 Å². The SMILES string of the molecule is CC(C)[C@H](N)C(=O)NC[C@H]1CCCN1S(C)(=O)=O.Cl. The zero-order chi connectivity index (χ0) is 13.9. The molecule has 1 fully saturated rings. The monoisotopic (exact) mass is 313 g/mol. The van der Waals surface area contributed by atoms with Crippen molar-refractivity contribution in [1.29, 1.82) is 0 Å². The predicted molar refractivity (Wildman–Crippen MR) is 77.6 cm³/mol. The van der Waals surface area contributed by atoms with Crippen LogP contribution in [0.5, 0.6) is 0 Å². The van der Waals surface area contributed by atoms with Crippen molar-refractivity contribution in [1.82, 2.24) is 9.62 Å². The van der Waals surface area contributed by atoms with Gasteiger partial charge < -0.3 is 11.1 Å². The van der Waals surface area contributed by atoms with Crippen LogP contribution in [0.15, 0.2) is 0 Å². The molecule has 0 radical (unpaired) electrons. The van der Waals surface area contributed by atoms with Gasteiger partial charge in [-0.1, -0.05) is 13.8 Å². The maximum Gasteiger partial charge on any atom is 0.237 e. The van der Waals surface area contributed by atoms with E-state index in [0.717, 1.165) is 12.8 Å². The summed E-state index contributed by atoms with van der Waals surface area (Å²) in [6, 6.07) is -0.679. The summed E-state index contributed by atoms with van der Waals surface area (Å²) in [5, 5.41) is 2.74. The van der Waals surface area contributed by atoms with Crippen molar-refractivity contribution in [2.24, 2.45) is 11.7 Å². The van der Waals surface area contributed by atoms with E-state index < -0.39 is 16.1 Å². The highest BCUT2D eigenvalue weighted by molar-refractivity contribution is 7.88. The quantitative estimate of drug-likeness (QED) is 0.743. The zero-order valence-corrected chi connectivity index (χ0v) is 13.3. The largest absolute Gasteiger partial charge is 0.353 e. The van der Waals surface area contributed by atoms with Gasteiger partial charge in [-0.3, -0.25) is 4.79 Å². The van der Waals surface area contributed by atoms with E-state index in [0.29, 0.717) is 13.1 Å². The molecule has 6 nitrogen and oxygen atoms in total. The van der Waals surface area contributed by atoms with Crippen LogP contribution in [0.25, 0.3) is 0 Å². The number of carbonyl (C=O) groups excluding carboxylic acids is 1. The highest BCUT2D eigenvalue weighted by Crippen LogP contribution is 2.19. The molecular formula is C11H24ClN3O3S. The third kappa shape index (κ3) is 5.25. The van der Waals surface area contributed by atoms with Gasteiger partial charge in [-0.15, -0.1) is 12.4 Å². The summed E-state index contributed by atoms with van der Waals surface area (Å²) in [6.45, 7) is 4.63. The number of hydrogen-bond donors (Lipinski definition) is 2. The van der Waals surface area contributed by atoms with Crippen molar-refractivity contribution >= 4 is 28.3 Å². The minimum Gasteiger partial charge on any atom is -0.353 e. The van der Waals surface area contributed by atoms with E-state index in [4.69, 9.17) is 5.73 Å². The summed E-state index contributed by atoms with van der Waals surface area (Å²) in [5.41, 5.74) is 5.72. The van der Waals surface area contributed by atoms with Crippen molar-refractivity contribution in [2.75, 3.05) is 19.3 Å². The van der Waals surface area contributed by atoms with Crippen molar-refractivity contribution in [3.63, 3.8) is 0 Å². The molecule has 1 heterocycles. The molecule has 1 saturated heterocycles. The molecule has 2 atom stereocenters. The number of amides is 1. The molecular weight excluding hydrogens is 290 g/mol. The number of nitrogens with one attached hydrogen (secondary N) is 1. The number of rotatable bonds is 5. The number of sulfonamides is 1. The maximum absolute atomic E-state index is 11.7. The molecule has 19 heavy (non-hydrogen) atoms. The molecule has 1 amide bonds. The topological polar surface area (TPSA) is 92.5 Å². The highest BCUT2D eigenvalue weighted by Gasteiger charge is 2.31. The second kappa shape index (κ2) is 7.42. The normalized spacial score (nSPS) is 22.1. The van der Waals surface area contributed by atoms with Gasteiger partial charge in [0.05, 0.1) is 12.3 Å². The fourth-order valence-electron chi connectivity index (χ4n) is 2.09. The summed E-state index contributed by atoms with van der Waals surface area (Å²) >= 11 is 0. The fraction of sp³-hybridized carbons (Fsp3) is 0.909. The highest BCUT2D eigenvalue weighted by atomic mass is 35.5. The van der Waals surface area contributed by atoms with Gasteiger partial charge in [0.25, 0.3) is 0 Å². The first-order chi connectivity index (χ1) is 8.23. The van der Waals surface area contributed by atoms with Crippen molar-refractivity contribution in [3.05, 3.63) is 0 Å². The molecule has 0 unspecified atom stereocenters. The first-order valence-corrected chi connectivity index (χ1v) is 8.08. The van der Waals surface area contributed by atoms with Crippen molar-refractivity contribution < 1.29 is 13.2 Å². The molecule has 1 aliphatic rings. The summed E-state index contributed by atoms with van der Waals surface area (Å²) in [5.74, 6) is -0.148. The second-order valence-electron chi connectivity index (χ2n) is 5.18. The molecule has 0 aromatic rings. The molecule has 114 valence electrons. The minimum absolute atomic E-state index is 0. The molecule has 8 heteroatoms. The van der Waals surface area contributed by atoms with Gasteiger partial charge in [0.15, 0.2) is 0 Å². The molecule has 0 bridgehead atoms. The van der Waals surface area contributed by atoms with E-state index in [2.05, 4.69) is 5.32 Å². The van der Waals surface area contributed by atoms with Gasteiger partial charge >= 0.3 is 0 Å². The Hall–Kier alpha value is -0.370. The third-order valence-corrected chi connectivity index (χ3v) is 4.61. The van der Waals surface area contributed by atoms with Crippen LogP contribution in [0.3, 0.4) is 0 Å². The first kappa shape index (κ1) is 18.6. The van der Waals surface area contributed by atoms with E-state index in [1.807, 2.05) is 13.8 Å². The summed E-state index contributed by atoms with van der Waals surface area (Å²) in [7, 11) is -3.19. The van der Waals surface area contributed by atoms with E-state index >= 15 is 0 Å². The molecule has 3 N–H and O–H groups in total. The van der Waals surface area contributed by atoms with Crippen LogP contribution in [0.2, 0.25) is 0 Å². The Morgan fingerprint density at radius 2 is 2.05 bits per heavy atom. The Labute approximate surface area is 121 Å². The summed E-state index contributed by atoms with van der Waals surface area (Å²) in [4.78, 5) is 11.7. The number of hydrogen-bond acceptors (Lipinski definition) is 4. The van der Waals surface area contributed by atoms with Crippen LogP contribution in [0.1, 0.15) is 26.7 Å². The minimum atomic E-state index is -3.19. The lowest BCUT2D eigenvalue weighted by Gasteiger charge is -2.23. The van der Waals surface area contributed by atoms with Gasteiger partial charge in [-0.2, -0.15) is 4.31 Å². The molecule has 0 saturated carbocycles. The van der Waals surface area contributed by atoms with Crippen LogP contribution in [-0.4, -0.2) is 50.1 Å². The number of carbonyl (C=O) groups is 1. The molecule has 0 aromatic heterocycles. The van der Waals surface area contributed by atoms with E-state index in [1.54, 1.807) is 0 Å². The zero-order valence-electron chi connectivity index (χ0n) is 11.6. The van der Waals surface area contributed by atoms with E-state index in [9.17, 15) is 13.2 Å². The number of nitrogens with zero attached hydrogens (tertiary/aromatic N) is 1. The van der Waals surface area contributed by atoms with E-state index in [-0.39, 0.29) is 30.3 Å². The van der Waals surface area contributed by atoms with Gasteiger partial charge in [0.2, 0.25) is 15.9 Å². The van der Waals surface area contributed by atoms with Crippen LogP contribution in [0, 0.1) is 5.92 Å². The molecule has 0 aliphatic carbocycles. The van der Waals surface area contributed by atoms with Crippen molar-refractivity contribution in [2.45, 2.75) is 38.8 Å². The maximum atomic E-state index is 11.7. The van der Waals surface area contributed by atoms with Gasteiger partial charge in [0.1, 0.15) is 0 Å². The summed E-state index contributed by atoms with van der Waals surface area (Å²) in [6.07, 6.45) is 2.82. The molecule has 0 spiro atoms. The average molecular weight is 314 g/mol. The standard InChI is InChI=1S/C11H23N3O3S.ClH/c1-8(2)10(12)11(15)13-7-9-5-4-6-14(9)18(3,16)17;/h8-10H,4-7,12H2,1-3H3,(H,13,15);1H/t9-,10+;/m1./s1. The van der Waals surface area contributed by atoms with Crippen molar-refractivity contribution in [3.8, 4) is 0 Å². The van der Waals surface area contributed by atoms with Crippen LogP contribution >= 0.6 is 12.4 Å². The smallest absolute Gasteiger partial charge is 0.237 e. The summed E-state index contributed by atoms with van der Waals surface area (Å²) < 4.78 is 24.5.